The zero-order chi connectivity index (χ0) is 13.0. The quantitative estimate of drug-likeness (QED) is 0.890. The van der Waals surface area contributed by atoms with Crippen molar-refractivity contribution in [2.24, 2.45) is 0 Å². The Bertz CT molecular complexity index is 405. The van der Waals surface area contributed by atoms with Gasteiger partial charge in [0, 0.05) is 24.7 Å². The Hall–Kier alpha value is -1.32. The van der Waals surface area contributed by atoms with E-state index in [1.54, 1.807) is 0 Å². The Morgan fingerprint density at radius 2 is 2.11 bits per heavy atom. The van der Waals surface area contributed by atoms with Crippen LogP contribution in [-0.2, 0) is 11.3 Å². The molecule has 1 aromatic rings. The smallest absolute Gasteiger partial charge is 0.222 e. The predicted molar refractivity (Wildman–Crippen MR) is 71.3 cm³/mol. The fourth-order valence-corrected chi connectivity index (χ4v) is 2.66. The maximum absolute atomic E-state index is 11.9. The molecule has 0 saturated heterocycles. The summed E-state index contributed by atoms with van der Waals surface area (Å²) in [6.45, 7) is 4.68. The monoisotopic (exact) mass is 249 g/mol. The van der Waals surface area contributed by atoms with Crippen molar-refractivity contribution in [2.45, 2.75) is 65.0 Å². The molecule has 1 fully saturated rings. The number of amides is 1. The molecule has 2 rings (SSSR count). The molecule has 0 spiro atoms. The summed E-state index contributed by atoms with van der Waals surface area (Å²) in [5.74, 6) is 0.162. The van der Waals surface area contributed by atoms with Crippen molar-refractivity contribution >= 4 is 5.91 Å². The maximum atomic E-state index is 11.9. The lowest BCUT2D eigenvalue weighted by molar-refractivity contribution is -0.122. The van der Waals surface area contributed by atoms with Crippen LogP contribution in [0, 0.1) is 13.8 Å². The number of rotatable bonds is 4. The normalized spacial score (nSPS) is 16.8. The van der Waals surface area contributed by atoms with E-state index >= 15 is 0 Å². The lowest BCUT2D eigenvalue weighted by Gasteiger charge is -2.22. The van der Waals surface area contributed by atoms with E-state index in [9.17, 15) is 4.79 Å². The first-order chi connectivity index (χ1) is 8.65. The third kappa shape index (κ3) is 3.59. The minimum absolute atomic E-state index is 0.162. The standard InChI is InChI=1S/C14H23N3O/c1-11-10-12(2)17(16-11)9-8-14(18)15-13-6-4-3-5-7-13/h10,13H,3-9H2,1-2H3,(H,15,18). The van der Waals surface area contributed by atoms with Crippen LogP contribution < -0.4 is 5.32 Å². The minimum Gasteiger partial charge on any atom is -0.353 e. The van der Waals surface area contributed by atoms with Crippen molar-refractivity contribution in [1.29, 1.82) is 0 Å². The van der Waals surface area contributed by atoms with Crippen molar-refractivity contribution in [3.8, 4) is 0 Å². The summed E-state index contributed by atoms with van der Waals surface area (Å²) in [4.78, 5) is 11.9. The molecule has 0 unspecified atom stereocenters. The molecule has 0 aromatic carbocycles. The summed E-state index contributed by atoms with van der Waals surface area (Å²) in [5, 5.41) is 7.50. The van der Waals surface area contributed by atoms with Crippen LogP contribution in [0.3, 0.4) is 0 Å². The van der Waals surface area contributed by atoms with Crippen LogP contribution in [0.4, 0.5) is 0 Å². The number of carbonyl (C=O) groups is 1. The molecule has 1 amide bonds. The highest BCUT2D eigenvalue weighted by molar-refractivity contribution is 5.76. The summed E-state index contributed by atoms with van der Waals surface area (Å²) in [7, 11) is 0. The molecule has 0 radical (unpaired) electrons. The summed E-state index contributed by atoms with van der Waals surface area (Å²) in [5.41, 5.74) is 2.14. The van der Waals surface area contributed by atoms with E-state index in [4.69, 9.17) is 0 Å². The van der Waals surface area contributed by atoms with Gasteiger partial charge in [0.15, 0.2) is 0 Å². The van der Waals surface area contributed by atoms with Gasteiger partial charge in [0.05, 0.1) is 5.69 Å². The van der Waals surface area contributed by atoms with Crippen LogP contribution in [0.2, 0.25) is 0 Å². The van der Waals surface area contributed by atoms with E-state index < -0.39 is 0 Å². The SMILES string of the molecule is Cc1cc(C)n(CCC(=O)NC2CCCCC2)n1. The number of aryl methyl sites for hydroxylation is 3. The van der Waals surface area contributed by atoms with Gasteiger partial charge in [-0.15, -0.1) is 0 Å². The van der Waals surface area contributed by atoms with Crippen molar-refractivity contribution in [2.75, 3.05) is 0 Å². The van der Waals surface area contributed by atoms with E-state index in [1.165, 1.54) is 19.3 Å². The van der Waals surface area contributed by atoms with E-state index in [0.717, 1.165) is 24.2 Å². The molecule has 0 aliphatic heterocycles. The molecule has 1 aliphatic rings. The minimum atomic E-state index is 0.162. The van der Waals surface area contributed by atoms with Gasteiger partial charge in [-0.1, -0.05) is 19.3 Å². The lowest BCUT2D eigenvalue weighted by atomic mass is 9.95. The highest BCUT2D eigenvalue weighted by atomic mass is 16.1. The Kier molecular flexibility index (Phi) is 4.39. The third-order valence-electron chi connectivity index (χ3n) is 3.62. The number of nitrogens with zero attached hydrogens (tertiary/aromatic N) is 2. The van der Waals surface area contributed by atoms with Gasteiger partial charge >= 0.3 is 0 Å². The van der Waals surface area contributed by atoms with Crippen LogP contribution in [0.1, 0.15) is 49.9 Å². The molecule has 18 heavy (non-hydrogen) atoms. The fraction of sp³-hybridized carbons (Fsp3) is 0.714. The van der Waals surface area contributed by atoms with Crippen LogP contribution in [0.5, 0.6) is 0 Å². The number of nitrogens with one attached hydrogen (secondary N) is 1. The molecule has 1 heterocycles. The average molecular weight is 249 g/mol. The molecule has 1 N–H and O–H groups in total. The van der Waals surface area contributed by atoms with Gasteiger partial charge < -0.3 is 5.32 Å². The summed E-state index contributed by atoms with van der Waals surface area (Å²) >= 11 is 0. The highest BCUT2D eigenvalue weighted by Crippen LogP contribution is 2.17. The van der Waals surface area contributed by atoms with E-state index in [1.807, 2.05) is 24.6 Å². The van der Waals surface area contributed by atoms with E-state index in [0.29, 0.717) is 19.0 Å². The molecule has 100 valence electrons. The van der Waals surface area contributed by atoms with Crippen molar-refractivity contribution in [3.05, 3.63) is 17.5 Å². The zero-order valence-electron chi connectivity index (χ0n) is 11.4. The Labute approximate surface area is 109 Å². The molecule has 1 aromatic heterocycles. The first-order valence-electron chi connectivity index (χ1n) is 6.95. The Morgan fingerprint density at radius 1 is 1.39 bits per heavy atom. The second kappa shape index (κ2) is 6.03. The van der Waals surface area contributed by atoms with Gasteiger partial charge in [-0.2, -0.15) is 5.10 Å². The lowest BCUT2D eigenvalue weighted by Crippen LogP contribution is -2.36. The van der Waals surface area contributed by atoms with Crippen LogP contribution >= 0.6 is 0 Å². The molecule has 4 nitrogen and oxygen atoms in total. The van der Waals surface area contributed by atoms with Crippen LogP contribution in [-0.4, -0.2) is 21.7 Å². The molecule has 4 heteroatoms. The third-order valence-corrected chi connectivity index (χ3v) is 3.62. The summed E-state index contributed by atoms with van der Waals surface area (Å²) in [6.07, 6.45) is 6.64. The van der Waals surface area contributed by atoms with Gasteiger partial charge in [-0.25, -0.2) is 0 Å². The molecular formula is C14H23N3O. The second-order valence-corrected chi connectivity index (χ2v) is 5.30. The van der Waals surface area contributed by atoms with Crippen molar-refractivity contribution in [1.82, 2.24) is 15.1 Å². The number of hydrogen-bond donors (Lipinski definition) is 1. The zero-order valence-corrected chi connectivity index (χ0v) is 11.4. The fourth-order valence-electron chi connectivity index (χ4n) is 2.66. The summed E-state index contributed by atoms with van der Waals surface area (Å²) in [6, 6.07) is 2.45. The molecule has 0 bridgehead atoms. The molecule has 1 aliphatic carbocycles. The number of aromatic nitrogens is 2. The predicted octanol–water partition coefficient (Wildman–Crippen LogP) is 2.34. The van der Waals surface area contributed by atoms with Crippen molar-refractivity contribution < 1.29 is 4.79 Å². The number of hydrogen-bond acceptors (Lipinski definition) is 2. The van der Waals surface area contributed by atoms with E-state index in [-0.39, 0.29) is 5.91 Å². The van der Waals surface area contributed by atoms with E-state index in [2.05, 4.69) is 10.4 Å². The molecule has 1 saturated carbocycles. The Morgan fingerprint density at radius 3 is 2.72 bits per heavy atom. The van der Waals surface area contributed by atoms with Crippen LogP contribution in [0.25, 0.3) is 0 Å². The topological polar surface area (TPSA) is 46.9 Å². The maximum Gasteiger partial charge on any atom is 0.222 e. The largest absolute Gasteiger partial charge is 0.353 e. The first-order valence-corrected chi connectivity index (χ1v) is 6.95. The first kappa shape index (κ1) is 13.1. The van der Waals surface area contributed by atoms with Gasteiger partial charge in [0.1, 0.15) is 0 Å². The van der Waals surface area contributed by atoms with Crippen LogP contribution in [0.15, 0.2) is 6.07 Å². The Balaban J connectivity index is 1.75. The molecule has 0 atom stereocenters. The molecular weight excluding hydrogens is 226 g/mol. The van der Waals surface area contributed by atoms with Gasteiger partial charge in [0.25, 0.3) is 0 Å². The van der Waals surface area contributed by atoms with Gasteiger partial charge in [-0.05, 0) is 32.8 Å². The van der Waals surface area contributed by atoms with Gasteiger partial charge in [0.2, 0.25) is 5.91 Å². The highest BCUT2D eigenvalue weighted by Gasteiger charge is 2.15. The second-order valence-electron chi connectivity index (χ2n) is 5.30. The summed E-state index contributed by atoms with van der Waals surface area (Å²) < 4.78 is 1.91. The average Bonchev–Trinajstić information content (AvgIpc) is 2.66. The number of carbonyl (C=O) groups excluding carboxylic acids is 1. The van der Waals surface area contributed by atoms with Gasteiger partial charge in [-0.3, -0.25) is 9.48 Å². The van der Waals surface area contributed by atoms with Crippen molar-refractivity contribution in [3.63, 3.8) is 0 Å².